The fraction of sp³-hybridized carbons (Fsp3) is 0.579. The second kappa shape index (κ2) is 5.16. The second-order valence-electron chi connectivity index (χ2n) is 8.38. The van der Waals surface area contributed by atoms with E-state index < -0.39 is 10.0 Å². The van der Waals surface area contributed by atoms with Gasteiger partial charge in [-0.25, -0.2) is 17.7 Å². The molecule has 0 amide bonds. The lowest BCUT2D eigenvalue weighted by molar-refractivity contribution is -0.143. The van der Waals surface area contributed by atoms with Gasteiger partial charge in [-0.1, -0.05) is 12.1 Å². The molecule has 0 radical (unpaired) electrons. The summed E-state index contributed by atoms with van der Waals surface area (Å²) in [6, 6.07) is 6.70. The van der Waals surface area contributed by atoms with Gasteiger partial charge in [-0.05, 0) is 68.4 Å². The molecule has 5 aliphatic rings. The zero-order chi connectivity index (χ0) is 17.2. The molecule has 0 aromatic heterocycles. The number of rotatable bonds is 3. The number of carbonyl (C=O) groups is 1. The normalized spacial score (nSPS) is 37.1. The topological polar surface area (TPSA) is 66.8 Å². The number of carbonyl (C=O) groups excluding carboxylic acids is 1. The molecule has 0 atom stereocenters. The van der Waals surface area contributed by atoms with Crippen molar-refractivity contribution in [1.82, 2.24) is 4.31 Å². The van der Waals surface area contributed by atoms with Crippen LogP contribution in [0.25, 0.3) is 0 Å². The average molecular weight is 358 g/mol. The fourth-order valence-corrected chi connectivity index (χ4v) is 7.33. The molecular weight excluding hydrogens is 336 g/mol. The van der Waals surface area contributed by atoms with Crippen LogP contribution in [-0.2, 0) is 14.8 Å². The minimum absolute atomic E-state index is 0.0771. The summed E-state index contributed by atoms with van der Waals surface area (Å²) in [7, 11) is -3.69. The van der Waals surface area contributed by atoms with Gasteiger partial charge in [0.2, 0.25) is 0 Å². The Kier molecular flexibility index (Phi) is 3.21. The third-order valence-corrected chi connectivity index (χ3v) is 8.45. The molecule has 1 aromatic rings. The monoisotopic (exact) mass is 358 g/mol. The fourth-order valence-electron chi connectivity index (χ4n) is 5.98. The van der Waals surface area contributed by atoms with Crippen molar-refractivity contribution in [2.45, 2.75) is 43.4 Å². The van der Waals surface area contributed by atoms with Gasteiger partial charge >= 0.3 is 0 Å². The van der Waals surface area contributed by atoms with E-state index in [9.17, 15) is 13.2 Å². The predicted octanol–water partition coefficient (Wildman–Crippen LogP) is 3.14. The summed E-state index contributed by atoms with van der Waals surface area (Å²) in [5.74, 6) is 2.11. The van der Waals surface area contributed by atoms with Gasteiger partial charge in [-0.2, -0.15) is 0 Å². The smallest absolute Gasteiger partial charge is 0.267 e. The van der Waals surface area contributed by atoms with E-state index in [1.54, 1.807) is 24.3 Å². The number of nitrogens with zero attached hydrogens (tertiary/aromatic N) is 2. The molecule has 6 rings (SSSR count). The highest BCUT2D eigenvalue weighted by molar-refractivity contribution is 7.89. The van der Waals surface area contributed by atoms with E-state index in [-0.39, 0.29) is 22.6 Å². The number of sulfonamides is 1. The van der Waals surface area contributed by atoms with Gasteiger partial charge in [0, 0.05) is 5.41 Å². The molecule has 0 unspecified atom stereocenters. The van der Waals surface area contributed by atoms with E-state index in [1.807, 2.05) is 0 Å². The summed E-state index contributed by atoms with van der Waals surface area (Å²) in [6.45, 7) is -0.0771. The Balaban J connectivity index is 1.42. The van der Waals surface area contributed by atoms with Crippen molar-refractivity contribution >= 4 is 27.8 Å². The third kappa shape index (κ3) is 2.30. The molecule has 5 nitrogen and oxygen atoms in total. The lowest BCUT2D eigenvalue weighted by atomic mass is 9.48. The van der Waals surface area contributed by atoms with Gasteiger partial charge in [0.15, 0.2) is 5.78 Å². The molecule has 1 aromatic carbocycles. The van der Waals surface area contributed by atoms with Crippen LogP contribution in [0.1, 0.15) is 38.5 Å². The molecule has 25 heavy (non-hydrogen) atoms. The number of benzene rings is 1. The van der Waals surface area contributed by atoms with Crippen LogP contribution >= 0.6 is 0 Å². The Hall–Kier alpha value is -1.69. The summed E-state index contributed by atoms with van der Waals surface area (Å²) < 4.78 is 26.8. The summed E-state index contributed by atoms with van der Waals surface area (Å²) in [5, 5.41) is 0. The van der Waals surface area contributed by atoms with E-state index in [0.29, 0.717) is 23.4 Å². The Morgan fingerprint density at radius 3 is 2.32 bits per heavy atom. The van der Waals surface area contributed by atoms with Crippen molar-refractivity contribution in [3.05, 3.63) is 24.3 Å². The molecule has 1 aliphatic heterocycles. The number of para-hydroxylation sites is 1. The van der Waals surface area contributed by atoms with E-state index in [0.717, 1.165) is 23.6 Å². The number of ketones is 1. The van der Waals surface area contributed by atoms with Crippen LogP contribution in [-0.4, -0.2) is 31.4 Å². The molecule has 0 saturated heterocycles. The highest BCUT2D eigenvalue weighted by Gasteiger charge is 2.54. The lowest BCUT2D eigenvalue weighted by Gasteiger charge is -2.56. The molecule has 4 aliphatic carbocycles. The Labute approximate surface area is 148 Å². The van der Waals surface area contributed by atoms with E-state index in [2.05, 4.69) is 4.99 Å². The SMILES string of the molecule is O=C(CN1C=Nc2ccccc2S1(=O)=O)C12CC3CC(CC(C3)C1)C2. The van der Waals surface area contributed by atoms with Gasteiger partial charge in [0.1, 0.15) is 11.2 Å². The zero-order valence-electron chi connectivity index (χ0n) is 14.1. The van der Waals surface area contributed by atoms with Gasteiger partial charge in [-0.3, -0.25) is 4.79 Å². The minimum Gasteiger partial charge on any atom is -0.297 e. The standard InChI is InChI=1S/C19H22N2O3S/c22-18(19-8-13-5-14(9-19)7-15(6-13)10-19)11-21-12-20-16-3-1-2-4-17(16)25(21,23)24/h1-4,12-15H,5-11H2. The predicted molar refractivity (Wildman–Crippen MR) is 94.1 cm³/mol. The molecule has 4 bridgehead atoms. The molecule has 0 N–H and O–H groups in total. The van der Waals surface area contributed by atoms with Crippen molar-refractivity contribution in [2.75, 3.05) is 6.54 Å². The minimum atomic E-state index is -3.69. The first-order valence-corrected chi connectivity index (χ1v) is 10.6. The molecule has 132 valence electrons. The summed E-state index contributed by atoms with van der Waals surface area (Å²) in [6.07, 6.45) is 7.99. The van der Waals surface area contributed by atoms with Crippen LogP contribution in [0.3, 0.4) is 0 Å². The maximum atomic E-state index is 13.2. The molecule has 4 saturated carbocycles. The third-order valence-electron chi connectivity index (χ3n) is 6.71. The van der Waals surface area contributed by atoms with Gasteiger partial charge < -0.3 is 0 Å². The van der Waals surface area contributed by atoms with E-state index in [1.165, 1.54) is 25.6 Å². The van der Waals surface area contributed by atoms with Crippen molar-refractivity contribution in [2.24, 2.45) is 28.2 Å². The molecule has 6 heteroatoms. The molecule has 4 fully saturated rings. The number of hydrogen-bond donors (Lipinski definition) is 0. The Morgan fingerprint density at radius 2 is 1.68 bits per heavy atom. The summed E-state index contributed by atoms with van der Waals surface area (Å²) >= 11 is 0. The first kappa shape index (κ1) is 15.6. The Morgan fingerprint density at radius 1 is 1.08 bits per heavy atom. The van der Waals surface area contributed by atoms with Gasteiger partial charge in [0.25, 0.3) is 10.0 Å². The van der Waals surface area contributed by atoms with Gasteiger partial charge in [0.05, 0.1) is 12.2 Å². The van der Waals surface area contributed by atoms with E-state index >= 15 is 0 Å². The summed E-state index contributed by atoms with van der Waals surface area (Å²) in [5.41, 5.74) is 0.163. The van der Waals surface area contributed by atoms with Crippen LogP contribution in [0.4, 0.5) is 5.69 Å². The highest BCUT2D eigenvalue weighted by atomic mass is 32.2. The number of hydrogen-bond acceptors (Lipinski definition) is 4. The van der Waals surface area contributed by atoms with E-state index in [4.69, 9.17) is 0 Å². The quantitative estimate of drug-likeness (QED) is 0.834. The van der Waals surface area contributed by atoms with Crippen molar-refractivity contribution in [1.29, 1.82) is 0 Å². The average Bonchev–Trinajstić information content (AvgIpc) is 2.56. The summed E-state index contributed by atoms with van der Waals surface area (Å²) in [4.78, 5) is 17.6. The molecule has 0 spiro atoms. The largest absolute Gasteiger partial charge is 0.297 e. The number of fused-ring (bicyclic) bond motifs is 1. The van der Waals surface area contributed by atoms with Crippen LogP contribution in [0.15, 0.2) is 34.2 Å². The zero-order valence-corrected chi connectivity index (χ0v) is 14.9. The van der Waals surface area contributed by atoms with Crippen LogP contribution in [0.2, 0.25) is 0 Å². The second-order valence-corrected chi connectivity index (χ2v) is 10.2. The van der Waals surface area contributed by atoms with Crippen LogP contribution in [0, 0.1) is 23.2 Å². The highest BCUT2D eigenvalue weighted by Crippen LogP contribution is 2.60. The van der Waals surface area contributed by atoms with Crippen molar-refractivity contribution < 1.29 is 13.2 Å². The lowest BCUT2D eigenvalue weighted by Crippen LogP contribution is -2.52. The first-order valence-electron chi connectivity index (χ1n) is 9.15. The maximum Gasteiger partial charge on any atom is 0.267 e. The maximum absolute atomic E-state index is 13.2. The van der Waals surface area contributed by atoms with Crippen LogP contribution < -0.4 is 0 Å². The first-order chi connectivity index (χ1) is 12.0. The number of aliphatic imine (C=N–C) groups is 1. The molecular formula is C19H22N2O3S. The van der Waals surface area contributed by atoms with Crippen LogP contribution in [0.5, 0.6) is 0 Å². The van der Waals surface area contributed by atoms with Crippen molar-refractivity contribution in [3.8, 4) is 0 Å². The van der Waals surface area contributed by atoms with Crippen molar-refractivity contribution in [3.63, 3.8) is 0 Å². The molecule has 1 heterocycles. The Bertz CT molecular complexity index is 839. The number of Topliss-reactive ketones (excluding diaryl/α,β-unsaturated/α-hetero) is 1. The van der Waals surface area contributed by atoms with Gasteiger partial charge in [-0.15, -0.1) is 0 Å².